The predicted molar refractivity (Wildman–Crippen MR) is 77.8 cm³/mol. The summed E-state index contributed by atoms with van der Waals surface area (Å²) < 4.78 is 10.6. The van der Waals surface area contributed by atoms with Gasteiger partial charge in [0, 0.05) is 31.7 Å². The molecule has 0 spiro atoms. The molecule has 1 aromatic carbocycles. The normalized spacial score (nSPS) is 17.9. The molecule has 1 aromatic heterocycles. The summed E-state index contributed by atoms with van der Waals surface area (Å²) in [4.78, 5) is 14.3. The van der Waals surface area contributed by atoms with Gasteiger partial charge in [-0.2, -0.15) is 0 Å². The highest BCUT2D eigenvalue weighted by molar-refractivity contribution is 5.99. The number of carbonyl (C=O) groups excluding carboxylic acids is 1. The first-order valence-electron chi connectivity index (χ1n) is 7.09. The first-order chi connectivity index (χ1) is 10.3. The minimum atomic E-state index is -0.0676. The van der Waals surface area contributed by atoms with Gasteiger partial charge in [-0.3, -0.25) is 4.79 Å². The number of carbonyl (C=O) groups is 1. The summed E-state index contributed by atoms with van der Waals surface area (Å²) in [6.07, 6.45) is 2.50. The van der Waals surface area contributed by atoms with Crippen molar-refractivity contribution in [3.05, 3.63) is 42.1 Å². The van der Waals surface area contributed by atoms with Gasteiger partial charge >= 0.3 is 0 Å². The minimum absolute atomic E-state index is 0.0676. The van der Waals surface area contributed by atoms with Crippen LogP contribution in [0.4, 0.5) is 0 Å². The number of hydrogen-bond acceptors (Lipinski definition) is 4. The highest BCUT2D eigenvalue weighted by Crippen LogP contribution is 2.24. The number of amides is 1. The number of aromatic nitrogens is 1. The Balaban J connectivity index is 1.77. The Morgan fingerprint density at radius 1 is 1.38 bits per heavy atom. The van der Waals surface area contributed by atoms with Crippen LogP contribution in [-0.2, 0) is 4.74 Å². The lowest BCUT2D eigenvalue weighted by atomic mass is 10.1. The van der Waals surface area contributed by atoms with Crippen molar-refractivity contribution in [3.8, 4) is 11.3 Å². The molecule has 0 radical (unpaired) electrons. The minimum Gasteiger partial charge on any atom is -0.381 e. The van der Waals surface area contributed by atoms with Gasteiger partial charge in [0.2, 0.25) is 0 Å². The SMILES string of the molecule is CN(C[C@H]1CCOC1)C(=O)c1cnoc1-c1ccccc1. The van der Waals surface area contributed by atoms with Crippen LogP contribution in [0.15, 0.2) is 41.1 Å². The van der Waals surface area contributed by atoms with Crippen LogP contribution >= 0.6 is 0 Å². The number of nitrogens with zero attached hydrogens (tertiary/aromatic N) is 2. The van der Waals surface area contributed by atoms with Crippen molar-refractivity contribution in [2.24, 2.45) is 5.92 Å². The molecule has 1 saturated heterocycles. The molecule has 1 atom stereocenters. The Bertz CT molecular complexity index is 603. The molecule has 0 aliphatic carbocycles. The van der Waals surface area contributed by atoms with Gasteiger partial charge in [0.15, 0.2) is 5.76 Å². The lowest BCUT2D eigenvalue weighted by Crippen LogP contribution is -2.32. The molecule has 0 unspecified atom stereocenters. The Labute approximate surface area is 123 Å². The average molecular weight is 286 g/mol. The molecule has 1 amide bonds. The molecule has 3 rings (SSSR count). The summed E-state index contributed by atoms with van der Waals surface area (Å²) in [7, 11) is 1.81. The lowest BCUT2D eigenvalue weighted by Gasteiger charge is -2.19. The molecule has 2 heterocycles. The van der Waals surface area contributed by atoms with Gasteiger partial charge in [0.25, 0.3) is 5.91 Å². The van der Waals surface area contributed by atoms with Crippen molar-refractivity contribution in [2.75, 3.05) is 26.8 Å². The van der Waals surface area contributed by atoms with Crippen LogP contribution in [0, 0.1) is 5.92 Å². The van der Waals surface area contributed by atoms with Gasteiger partial charge < -0.3 is 14.2 Å². The molecule has 5 nitrogen and oxygen atoms in total. The third-order valence-corrected chi connectivity index (χ3v) is 3.74. The number of ether oxygens (including phenoxy) is 1. The van der Waals surface area contributed by atoms with Gasteiger partial charge in [0.1, 0.15) is 5.56 Å². The second-order valence-electron chi connectivity index (χ2n) is 5.35. The molecule has 1 aliphatic heterocycles. The van der Waals surface area contributed by atoms with E-state index in [-0.39, 0.29) is 5.91 Å². The monoisotopic (exact) mass is 286 g/mol. The van der Waals surface area contributed by atoms with Crippen LogP contribution < -0.4 is 0 Å². The van der Waals surface area contributed by atoms with Crippen molar-refractivity contribution in [2.45, 2.75) is 6.42 Å². The summed E-state index contributed by atoms with van der Waals surface area (Å²) in [6.45, 7) is 2.21. The first kappa shape index (κ1) is 13.8. The van der Waals surface area contributed by atoms with E-state index in [1.54, 1.807) is 4.90 Å². The fourth-order valence-corrected chi connectivity index (χ4v) is 2.59. The Morgan fingerprint density at radius 2 is 2.19 bits per heavy atom. The van der Waals surface area contributed by atoms with E-state index in [9.17, 15) is 4.79 Å². The molecule has 0 saturated carbocycles. The van der Waals surface area contributed by atoms with Crippen LogP contribution in [0.1, 0.15) is 16.8 Å². The Hall–Kier alpha value is -2.14. The van der Waals surface area contributed by atoms with E-state index in [0.29, 0.717) is 23.8 Å². The van der Waals surface area contributed by atoms with Crippen molar-refractivity contribution < 1.29 is 14.1 Å². The Kier molecular flexibility index (Phi) is 4.01. The van der Waals surface area contributed by atoms with E-state index >= 15 is 0 Å². The number of benzene rings is 1. The zero-order valence-electron chi connectivity index (χ0n) is 12.0. The van der Waals surface area contributed by atoms with E-state index in [1.165, 1.54) is 6.20 Å². The van der Waals surface area contributed by atoms with Crippen molar-refractivity contribution >= 4 is 5.91 Å². The molecular weight excluding hydrogens is 268 g/mol. The third kappa shape index (κ3) is 2.97. The van der Waals surface area contributed by atoms with E-state index in [4.69, 9.17) is 9.26 Å². The maximum Gasteiger partial charge on any atom is 0.259 e. The van der Waals surface area contributed by atoms with Crippen LogP contribution in [0.2, 0.25) is 0 Å². The summed E-state index contributed by atoms with van der Waals surface area (Å²) >= 11 is 0. The van der Waals surface area contributed by atoms with Crippen LogP contribution in [-0.4, -0.2) is 42.8 Å². The zero-order chi connectivity index (χ0) is 14.7. The Morgan fingerprint density at radius 3 is 2.90 bits per heavy atom. The topological polar surface area (TPSA) is 55.6 Å². The highest BCUT2D eigenvalue weighted by Gasteiger charge is 2.24. The third-order valence-electron chi connectivity index (χ3n) is 3.74. The molecular formula is C16H18N2O3. The van der Waals surface area contributed by atoms with Crippen molar-refractivity contribution in [1.82, 2.24) is 10.1 Å². The molecule has 1 fully saturated rings. The second-order valence-corrected chi connectivity index (χ2v) is 5.35. The van der Waals surface area contributed by atoms with Gasteiger partial charge in [-0.05, 0) is 6.42 Å². The molecule has 0 N–H and O–H groups in total. The summed E-state index contributed by atoms with van der Waals surface area (Å²) in [5.74, 6) is 0.871. The summed E-state index contributed by atoms with van der Waals surface area (Å²) in [5, 5.41) is 3.79. The first-order valence-corrected chi connectivity index (χ1v) is 7.09. The number of rotatable bonds is 4. The fraction of sp³-hybridized carbons (Fsp3) is 0.375. The van der Waals surface area contributed by atoms with E-state index in [2.05, 4.69) is 5.16 Å². The van der Waals surface area contributed by atoms with Gasteiger partial charge in [0.05, 0.1) is 12.8 Å². The summed E-state index contributed by atoms with van der Waals surface area (Å²) in [5.41, 5.74) is 1.36. The van der Waals surface area contributed by atoms with E-state index in [0.717, 1.165) is 25.2 Å². The van der Waals surface area contributed by atoms with E-state index < -0.39 is 0 Å². The van der Waals surface area contributed by atoms with Gasteiger partial charge in [-0.1, -0.05) is 35.5 Å². The molecule has 110 valence electrons. The largest absolute Gasteiger partial charge is 0.381 e. The molecule has 5 heteroatoms. The quantitative estimate of drug-likeness (QED) is 0.866. The highest BCUT2D eigenvalue weighted by atomic mass is 16.5. The predicted octanol–water partition coefficient (Wildman–Crippen LogP) is 2.45. The zero-order valence-corrected chi connectivity index (χ0v) is 12.0. The molecule has 1 aliphatic rings. The van der Waals surface area contributed by atoms with Crippen molar-refractivity contribution in [1.29, 1.82) is 0 Å². The van der Waals surface area contributed by atoms with Gasteiger partial charge in [-0.25, -0.2) is 0 Å². The lowest BCUT2D eigenvalue weighted by molar-refractivity contribution is 0.0766. The summed E-state index contributed by atoms with van der Waals surface area (Å²) in [6, 6.07) is 9.55. The standard InChI is InChI=1S/C16H18N2O3/c1-18(10-12-7-8-20-11-12)16(19)14-9-17-21-15(14)13-5-3-2-4-6-13/h2-6,9,12H,7-8,10-11H2,1H3/t12-/m1/s1. The van der Waals surface area contributed by atoms with Crippen LogP contribution in [0.5, 0.6) is 0 Å². The van der Waals surface area contributed by atoms with Crippen molar-refractivity contribution in [3.63, 3.8) is 0 Å². The average Bonchev–Trinajstić information content (AvgIpc) is 3.18. The molecule has 21 heavy (non-hydrogen) atoms. The molecule has 2 aromatic rings. The second kappa shape index (κ2) is 6.10. The van der Waals surface area contributed by atoms with E-state index in [1.807, 2.05) is 37.4 Å². The van der Waals surface area contributed by atoms with Crippen LogP contribution in [0.3, 0.4) is 0 Å². The number of hydrogen-bond donors (Lipinski definition) is 0. The maximum atomic E-state index is 12.6. The fourth-order valence-electron chi connectivity index (χ4n) is 2.59. The maximum absolute atomic E-state index is 12.6. The molecule has 0 bridgehead atoms. The van der Waals surface area contributed by atoms with Crippen LogP contribution in [0.25, 0.3) is 11.3 Å². The smallest absolute Gasteiger partial charge is 0.259 e. The van der Waals surface area contributed by atoms with Gasteiger partial charge in [-0.15, -0.1) is 0 Å².